The largest absolute Gasteiger partial charge is 0.457 e. The van der Waals surface area contributed by atoms with E-state index in [1.54, 1.807) is 12.1 Å². The third-order valence-electron chi connectivity index (χ3n) is 2.98. The molecule has 0 unspecified atom stereocenters. The molecule has 18 heavy (non-hydrogen) atoms. The molecule has 0 saturated carbocycles. The summed E-state index contributed by atoms with van der Waals surface area (Å²) >= 11 is 0. The van der Waals surface area contributed by atoms with Gasteiger partial charge in [0.25, 0.3) is 0 Å². The van der Waals surface area contributed by atoms with Gasteiger partial charge in [-0.2, -0.15) is 5.26 Å². The van der Waals surface area contributed by atoms with E-state index in [0.29, 0.717) is 5.56 Å². The topological polar surface area (TPSA) is 33.0 Å². The van der Waals surface area contributed by atoms with E-state index < -0.39 is 0 Å². The van der Waals surface area contributed by atoms with Crippen LogP contribution in [0, 0.1) is 32.1 Å². The van der Waals surface area contributed by atoms with Crippen molar-refractivity contribution in [1.29, 1.82) is 5.26 Å². The lowest BCUT2D eigenvalue weighted by atomic mass is 10.1. The van der Waals surface area contributed by atoms with Gasteiger partial charge in [0, 0.05) is 0 Å². The first-order chi connectivity index (χ1) is 8.60. The summed E-state index contributed by atoms with van der Waals surface area (Å²) in [5.41, 5.74) is 4.19. The van der Waals surface area contributed by atoms with Crippen LogP contribution in [0.25, 0.3) is 0 Å². The average Bonchev–Trinajstić information content (AvgIpc) is 2.36. The number of hydrogen-bond acceptors (Lipinski definition) is 2. The Balaban J connectivity index is 2.31. The number of hydrogen-bond donors (Lipinski definition) is 0. The molecule has 2 aromatic rings. The molecule has 0 bridgehead atoms. The third kappa shape index (κ3) is 2.52. The second-order valence-corrected chi connectivity index (χ2v) is 4.44. The highest BCUT2D eigenvalue weighted by Crippen LogP contribution is 2.28. The molecule has 0 fully saturated rings. The summed E-state index contributed by atoms with van der Waals surface area (Å²) in [6.07, 6.45) is 0. The summed E-state index contributed by atoms with van der Waals surface area (Å²) in [4.78, 5) is 0. The summed E-state index contributed by atoms with van der Waals surface area (Å²) in [6.45, 7) is 6.18. The van der Waals surface area contributed by atoms with E-state index in [9.17, 15) is 0 Å². The van der Waals surface area contributed by atoms with Crippen molar-refractivity contribution >= 4 is 0 Å². The fraction of sp³-hybridized carbons (Fsp3) is 0.188. The van der Waals surface area contributed by atoms with E-state index in [2.05, 4.69) is 26.0 Å². The van der Waals surface area contributed by atoms with Gasteiger partial charge in [0.15, 0.2) is 0 Å². The van der Waals surface area contributed by atoms with E-state index >= 15 is 0 Å². The van der Waals surface area contributed by atoms with Crippen LogP contribution >= 0.6 is 0 Å². The monoisotopic (exact) mass is 237 g/mol. The van der Waals surface area contributed by atoms with E-state index in [1.165, 1.54) is 11.1 Å². The van der Waals surface area contributed by atoms with Crippen molar-refractivity contribution in [3.05, 3.63) is 58.7 Å². The van der Waals surface area contributed by atoms with Gasteiger partial charge < -0.3 is 4.74 Å². The molecule has 0 heterocycles. The van der Waals surface area contributed by atoms with Crippen molar-refractivity contribution in [2.24, 2.45) is 0 Å². The van der Waals surface area contributed by atoms with Crippen molar-refractivity contribution in [3.8, 4) is 17.6 Å². The van der Waals surface area contributed by atoms with E-state index in [-0.39, 0.29) is 0 Å². The van der Waals surface area contributed by atoms with Gasteiger partial charge in [-0.1, -0.05) is 6.07 Å². The van der Waals surface area contributed by atoms with Gasteiger partial charge >= 0.3 is 0 Å². The maximum atomic E-state index is 8.74. The summed E-state index contributed by atoms with van der Waals surface area (Å²) in [5, 5.41) is 8.74. The fourth-order valence-corrected chi connectivity index (χ4v) is 1.83. The standard InChI is InChI=1S/C16H15NO/c1-11-8-12(2)13(3)16(9-11)18-15-6-4-14(10-17)5-7-15/h4-9H,1-3H3. The average molecular weight is 237 g/mol. The molecule has 2 nitrogen and oxygen atoms in total. The van der Waals surface area contributed by atoms with Crippen molar-refractivity contribution in [3.63, 3.8) is 0 Å². The molecule has 0 spiro atoms. The second-order valence-electron chi connectivity index (χ2n) is 4.44. The molecule has 0 aliphatic carbocycles. The highest BCUT2D eigenvalue weighted by Gasteiger charge is 2.05. The van der Waals surface area contributed by atoms with Crippen LogP contribution in [0.15, 0.2) is 36.4 Å². The zero-order valence-corrected chi connectivity index (χ0v) is 10.8. The van der Waals surface area contributed by atoms with E-state index in [4.69, 9.17) is 10.00 Å². The molecular weight excluding hydrogens is 222 g/mol. The van der Waals surface area contributed by atoms with Crippen LogP contribution in [0.5, 0.6) is 11.5 Å². The zero-order chi connectivity index (χ0) is 13.1. The molecule has 0 aromatic heterocycles. The van der Waals surface area contributed by atoms with Gasteiger partial charge in [-0.3, -0.25) is 0 Å². The van der Waals surface area contributed by atoms with Gasteiger partial charge in [0.05, 0.1) is 11.6 Å². The highest BCUT2D eigenvalue weighted by molar-refractivity contribution is 5.45. The minimum atomic E-state index is 0.638. The highest BCUT2D eigenvalue weighted by atomic mass is 16.5. The molecule has 0 N–H and O–H groups in total. The van der Waals surface area contributed by atoms with Crippen LogP contribution in [0.2, 0.25) is 0 Å². The lowest BCUT2D eigenvalue weighted by Crippen LogP contribution is -1.91. The Morgan fingerprint density at radius 1 is 1.00 bits per heavy atom. The molecule has 0 saturated heterocycles. The molecule has 0 aliphatic rings. The Morgan fingerprint density at radius 3 is 2.28 bits per heavy atom. The first kappa shape index (κ1) is 12.2. The second kappa shape index (κ2) is 4.93. The SMILES string of the molecule is Cc1cc(C)c(C)c(Oc2ccc(C#N)cc2)c1. The molecule has 2 aromatic carbocycles. The zero-order valence-electron chi connectivity index (χ0n) is 10.8. The van der Waals surface area contributed by atoms with Gasteiger partial charge in [0.1, 0.15) is 11.5 Å². The molecule has 90 valence electrons. The summed E-state index contributed by atoms with van der Waals surface area (Å²) < 4.78 is 5.86. The van der Waals surface area contributed by atoms with Gasteiger partial charge in [-0.15, -0.1) is 0 Å². The molecule has 0 amide bonds. The number of nitrogens with zero attached hydrogens (tertiary/aromatic N) is 1. The molecule has 2 heteroatoms. The number of benzene rings is 2. The van der Waals surface area contributed by atoms with Crippen LogP contribution < -0.4 is 4.74 Å². The fourth-order valence-electron chi connectivity index (χ4n) is 1.83. The van der Waals surface area contributed by atoms with E-state index in [1.807, 2.05) is 25.1 Å². The Hall–Kier alpha value is -2.27. The van der Waals surface area contributed by atoms with Crippen molar-refractivity contribution in [1.82, 2.24) is 0 Å². The first-order valence-electron chi connectivity index (χ1n) is 5.86. The smallest absolute Gasteiger partial charge is 0.130 e. The number of nitriles is 1. The van der Waals surface area contributed by atoms with Crippen LogP contribution in [-0.4, -0.2) is 0 Å². The first-order valence-corrected chi connectivity index (χ1v) is 5.86. The predicted molar refractivity (Wildman–Crippen MR) is 71.9 cm³/mol. The van der Waals surface area contributed by atoms with Gasteiger partial charge in [0.2, 0.25) is 0 Å². The summed E-state index contributed by atoms with van der Waals surface area (Å²) in [6, 6.07) is 13.4. The van der Waals surface area contributed by atoms with E-state index in [0.717, 1.165) is 17.1 Å². The molecule has 0 atom stereocenters. The molecule has 2 rings (SSSR count). The van der Waals surface area contributed by atoms with Crippen molar-refractivity contribution < 1.29 is 4.74 Å². The van der Waals surface area contributed by atoms with Gasteiger partial charge in [-0.25, -0.2) is 0 Å². The molecular formula is C16H15NO. The lowest BCUT2D eigenvalue weighted by Gasteiger charge is -2.12. The number of aryl methyl sites for hydroxylation is 2. The van der Waals surface area contributed by atoms with Crippen LogP contribution in [0.3, 0.4) is 0 Å². The van der Waals surface area contributed by atoms with Crippen LogP contribution in [0.4, 0.5) is 0 Å². The van der Waals surface area contributed by atoms with Crippen molar-refractivity contribution in [2.75, 3.05) is 0 Å². The van der Waals surface area contributed by atoms with Gasteiger partial charge in [-0.05, 0) is 67.8 Å². The number of ether oxygens (including phenoxy) is 1. The van der Waals surface area contributed by atoms with Crippen molar-refractivity contribution in [2.45, 2.75) is 20.8 Å². The maximum Gasteiger partial charge on any atom is 0.130 e. The Labute approximate surface area is 107 Å². The Bertz CT molecular complexity index is 606. The normalized spacial score (nSPS) is 9.89. The number of rotatable bonds is 2. The maximum absolute atomic E-state index is 8.74. The van der Waals surface area contributed by atoms with Crippen LogP contribution in [-0.2, 0) is 0 Å². The summed E-state index contributed by atoms with van der Waals surface area (Å²) in [5.74, 6) is 1.62. The quantitative estimate of drug-likeness (QED) is 0.781. The lowest BCUT2D eigenvalue weighted by molar-refractivity contribution is 0.478. The van der Waals surface area contributed by atoms with Crippen LogP contribution in [0.1, 0.15) is 22.3 Å². The Morgan fingerprint density at radius 2 is 1.67 bits per heavy atom. The minimum absolute atomic E-state index is 0.638. The summed E-state index contributed by atoms with van der Waals surface area (Å²) in [7, 11) is 0. The minimum Gasteiger partial charge on any atom is -0.457 e. The Kier molecular flexibility index (Phi) is 3.34. The molecule has 0 aliphatic heterocycles. The predicted octanol–water partition coefficient (Wildman–Crippen LogP) is 4.28. The third-order valence-corrected chi connectivity index (χ3v) is 2.98. The molecule has 0 radical (unpaired) electrons.